The van der Waals surface area contributed by atoms with Crippen LogP contribution < -0.4 is 4.90 Å². The fourth-order valence-corrected chi connectivity index (χ4v) is 9.84. The van der Waals surface area contributed by atoms with E-state index in [-0.39, 0.29) is 55.5 Å². The molecule has 66 heavy (non-hydrogen) atoms. The molecular formula is C44H65N2O17S3+. The van der Waals surface area contributed by atoms with E-state index in [1.165, 1.54) is 31.4 Å². The summed E-state index contributed by atoms with van der Waals surface area (Å²) in [5.41, 5.74) is 1.84. The van der Waals surface area contributed by atoms with Gasteiger partial charge in [-0.3, -0.25) is 18.5 Å². The topological polar surface area (TPSA) is 262 Å². The number of anilines is 1. The zero-order chi connectivity index (χ0) is 48.6. The van der Waals surface area contributed by atoms with Crippen LogP contribution in [-0.4, -0.2) is 159 Å². The lowest BCUT2D eigenvalue weighted by Gasteiger charge is -2.30. The second-order valence-corrected chi connectivity index (χ2v) is 20.8. The number of allylic oxidation sites excluding steroid dienone is 4. The molecule has 0 fully saturated rings. The summed E-state index contributed by atoms with van der Waals surface area (Å²) in [6.07, 6.45) is 7.64. The molecule has 0 spiro atoms. The predicted octanol–water partition coefficient (Wildman–Crippen LogP) is 4.82. The number of carboxylic acids is 1. The third-order valence-electron chi connectivity index (χ3n) is 11.7. The van der Waals surface area contributed by atoms with Crippen molar-refractivity contribution in [2.45, 2.75) is 79.4 Å². The van der Waals surface area contributed by atoms with Gasteiger partial charge in [0.25, 0.3) is 30.4 Å². The highest BCUT2D eigenvalue weighted by Crippen LogP contribution is 2.51. The summed E-state index contributed by atoms with van der Waals surface area (Å²) in [5.74, 6) is -1.45. The lowest BCUT2D eigenvalue weighted by molar-refractivity contribution is -0.441. The number of nitrogens with zero attached hydrogens (tertiary/aromatic N) is 2. The van der Waals surface area contributed by atoms with Crippen LogP contribution in [0, 0.1) is 0 Å². The normalized spacial score (nSPS) is 19.4. The summed E-state index contributed by atoms with van der Waals surface area (Å²) in [4.78, 5) is 12.7. The second-order valence-electron chi connectivity index (χ2n) is 16.4. The van der Waals surface area contributed by atoms with Crippen LogP contribution in [0.2, 0.25) is 0 Å². The molecule has 4 N–H and O–H groups in total. The standard InChI is InChI=1S/C44H64N2O17S3/c1-43(17-9-31-64(49,50)51)36-32-34(65(52,53)54)14-16-39(36)46(20-22-58-3)40(43)10-8-11-41-44(2,18-21-60-25-26-62-29-30-63-28-27-61-24-23-59-4)37-33-35(66(55,56)57)13-15-38(37)45(41)19-7-5-6-12-42(47)48/h8,10-11,13-16,32-33H,5-7,9,12,17-31H2,1-4H3,(H3-,47,48,49,50,51,52,53,54,55,56,57)/p+1. The largest absolute Gasteiger partial charge is 0.481 e. The number of fused-ring (bicyclic) bond motifs is 2. The summed E-state index contributed by atoms with van der Waals surface area (Å²) < 4.78 is 138. The van der Waals surface area contributed by atoms with Gasteiger partial charge < -0.3 is 38.4 Å². The lowest BCUT2D eigenvalue weighted by Crippen LogP contribution is -2.33. The van der Waals surface area contributed by atoms with E-state index in [2.05, 4.69) is 0 Å². The monoisotopic (exact) mass is 989 g/mol. The second kappa shape index (κ2) is 25.1. The number of hydrogen-bond acceptors (Lipinski definition) is 14. The SMILES string of the molecule is COCCOCCOCCOCCOCCC1(C)C(=CC=CC2=[N+](CCOC)c3ccc(S(=O)(=O)O)cc3C2(C)CCCS(=O)(=O)O)N(CCCCCC(=O)O)c2ccc(S(=O)(=O)O)cc21. The third-order valence-corrected chi connectivity index (χ3v) is 14.2. The zero-order valence-electron chi connectivity index (χ0n) is 38.1. The molecule has 2 aromatic rings. The molecule has 370 valence electrons. The molecule has 2 atom stereocenters. The van der Waals surface area contributed by atoms with E-state index >= 15 is 0 Å². The fraction of sp³-hybridized carbons (Fsp3) is 0.591. The highest BCUT2D eigenvalue weighted by Gasteiger charge is 2.48. The summed E-state index contributed by atoms with van der Waals surface area (Å²) in [6.45, 7) is 8.09. The van der Waals surface area contributed by atoms with Gasteiger partial charge >= 0.3 is 5.97 Å². The Kier molecular flexibility index (Phi) is 20.9. The Labute approximate surface area is 388 Å². The number of carboxylic acid groups (broad SMARTS) is 1. The summed E-state index contributed by atoms with van der Waals surface area (Å²) in [5, 5.41) is 9.24. The molecule has 2 heterocycles. The van der Waals surface area contributed by atoms with E-state index in [0.29, 0.717) is 107 Å². The quantitative estimate of drug-likeness (QED) is 0.0435. The average molecular weight is 990 g/mol. The van der Waals surface area contributed by atoms with Crippen molar-refractivity contribution >= 4 is 53.4 Å². The molecule has 0 bridgehead atoms. The van der Waals surface area contributed by atoms with Crippen molar-refractivity contribution in [1.29, 1.82) is 0 Å². The van der Waals surface area contributed by atoms with E-state index in [9.17, 15) is 48.8 Å². The molecule has 0 saturated heterocycles. The number of hydrogen-bond donors (Lipinski definition) is 4. The van der Waals surface area contributed by atoms with Crippen LogP contribution in [0.15, 0.2) is 70.1 Å². The summed E-state index contributed by atoms with van der Waals surface area (Å²) in [7, 11) is -10.4. The molecule has 0 radical (unpaired) electrons. The number of aliphatic carboxylic acids is 1. The number of rotatable bonds is 32. The summed E-state index contributed by atoms with van der Waals surface area (Å²) >= 11 is 0. The predicted molar refractivity (Wildman–Crippen MR) is 245 cm³/mol. The first-order valence-corrected chi connectivity index (χ1v) is 26.2. The van der Waals surface area contributed by atoms with Crippen molar-refractivity contribution in [2.75, 3.05) is 104 Å². The Bertz CT molecular complexity index is 2390. The molecule has 22 heteroatoms. The maximum absolute atomic E-state index is 12.5. The molecule has 0 saturated carbocycles. The van der Waals surface area contributed by atoms with Crippen molar-refractivity contribution in [1.82, 2.24) is 0 Å². The Morgan fingerprint density at radius 2 is 1.24 bits per heavy atom. The van der Waals surface area contributed by atoms with Gasteiger partial charge in [-0.1, -0.05) is 12.5 Å². The zero-order valence-corrected chi connectivity index (χ0v) is 40.5. The van der Waals surface area contributed by atoms with Gasteiger partial charge in [0.2, 0.25) is 5.69 Å². The molecule has 19 nitrogen and oxygen atoms in total. The first-order valence-electron chi connectivity index (χ1n) is 21.7. The first kappa shape index (κ1) is 55.0. The smallest absolute Gasteiger partial charge is 0.303 e. The molecule has 2 aromatic carbocycles. The van der Waals surface area contributed by atoms with Gasteiger partial charge in [0.15, 0.2) is 12.3 Å². The minimum Gasteiger partial charge on any atom is -0.481 e. The van der Waals surface area contributed by atoms with E-state index in [1.807, 2.05) is 35.5 Å². The van der Waals surface area contributed by atoms with Crippen molar-refractivity contribution in [3.05, 3.63) is 71.5 Å². The van der Waals surface area contributed by atoms with Crippen molar-refractivity contribution in [3.8, 4) is 0 Å². The van der Waals surface area contributed by atoms with Gasteiger partial charge in [0.05, 0.1) is 73.8 Å². The van der Waals surface area contributed by atoms with Gasteiger partial charge in [-0.25, -0.2) is 0 Å². The lowest BCUT2D eigenvalue weighted by atomic mass is 9.75. The van der Waals surface area contributed by atoms with Crippen LogP contribution in [0.3, 0.4) is 0 Å². The molecule has 4 rings (SSSR count). The van der Waals surface area contributed by atoms with Crippen molar-refractivity contribution < 1.29 is 81.8 Å². The highest BCUT2D eigenvalue weighted by atomic mass is 32.2. The van der Waals surface area contributed by atoms with Gasteiger partial charge in [-0.2, -0.15) is 29.8 Å². The van der Waals surface area contributed by atoms with Crippen molar-refractivity contribution in [3.63, 3.8) is 0 Å². The number of methoxy groups -OCH3 is 2. The number of ether oxygens (including phenoxy) is 6. The third kappa shape index (κ3) is 15.4. The number of unbranched alkanes of at least 4 members (excludes halogenated alkanes) is 2. The van der Waals surface area contributed by atoms with E-state index in [4.69, 9.17) is 28.4 Å². The Hall–Kier alpha value is -3.65. The maximum Gasteiger partial charge on any atom is 0.303 e. The van der Waals surface area contributed by atoms with Gasteiger partial charge in [-0.05, 0) is 87.9 Å². The minimum absolute atomic E-state index is 0.00446. The van der Waals surface area contributed by atoms with E-state index in [0.717, 1.165) is 5.70 Å². The fourth-order valence-electron chi connectivity index (χ4n) is 8.32. The highest BCUT2D eigenvalue weighted by molar-refractivity contribution is 7.86. The van der Waals surface area contributed by atoms with Crippen LogP contribution in [0.1, 0.15) is 69.9 Å². The van der Waals surface area contributed by atoms with Gasteiger partial charge in [0.1, 0.15) is 6.61 Å². The van der Waals surface area contributed by atoms with Gasteiger partial charge in [-0.15, -0.1) is 0 Å². The van der Waals surface area contributed by atoms with Crippen LogP contribution in [0.25, 0.3) is 0 Å². The Morgan fingerprint density at radius 3 is 1.80 bits per heavy atom. The van der Waals surface area contributed by atoms with Crippen LogP contribution >= 0.6 is 0 Å². The van der Waals surface area contributed by atoms with Crippen LogP contribution in [0.5, 0.6) is 0 Å². The van der Waals surface area contributed by atoms with E-state index < -0.39 is 52.9 Å². The number of benzene rings is 2. The molecule has 0 aromatic heterocycles. The summed E-state index contributed by atoms with van der Waals surface area (Å²) in [6, 6.07) is 8.63. The molecule has 2 aliphatic rings. The molecule has 0 amide bonds. The molecular weight excluding hydrogens is 925 g/mol. The van der Waals surface area contributed by atoms with Gasteiger partial charge in [0, 0.05) is 68.3 Å². The molecule has 2 unspecified atom stereocenters. The average Bonchev–Trinajstić information content (AvgIpc) is 3.61. The molecule has 2 aliphatic heterocycles. The molecule has 0 aliphatic carbocycles. The first-order chi connectivity index (χ1) is 31.2. The van der Waals surface area contributed by atoms with Crippen LogP contribution in [0.4, 0.5) is 11.4 Å². The van der Waals surface area contributed by atoms with E-state index in [1.54, 1.807) is 25.3 Å². The van der Waals surface area contributed by atoms with Crippen LogP contribution in [-0.2, 0) is 74.4 Å². The Morgan fingerprint density at radius 1 is 0.682 bits per heavy atom. The van der Waals surface area contributed by atoms with Crippen molar-refractivity contribution in [2.24, 2.45) is 0 Å². The minimum atomic E-state index is -4.63. The maximum atomic E-state index is 12.5. The number of carbonyl (C=O) groups is 1. The Balaban J connectivity index is 1.72.